The lowest BCUT2D eigenvalue weighted by atomic mass is 10.2. The van der Waals surface area contributed by atoms with Crippen molar-refractivity contribution in [1.29, 1.82) is 0 Å². The molecule has 1 atom stereocenters. The summed E-state index contributed by atoms with van der Waals surface area (Å²) in [6.07, 6.45) is 3.36. The molecule has 0 aromatic carbocycles. The summed E-state index contributed by atoms with van der Waals surface area (Å²) in [6.45, 7) is 1.48. The highest BCUT2D eigenvalue weighted by molar-refractivity contribution is 7.15. The Morgan fingerprint density at radius 1 is 1.55 bits per heavy atom. The molecule has 1 aliphatic heterocycles. The number of ether oxygens (including phenoxy) is 2. The van der Waals surface area contributed by atoms with Crippen molar-refractivity contribution in [3.63, 3.8) is 0 Å². The lowest BCUT2D eigenvalue weighted by Gasteiger charge is -2.17. The highest BCUT2D eigenvalue weighted by atomic mass is 32.1. The van der Waals surface area contributed by atoms with Gasteiger partial charge in [-0.05, 0) is 12.8 Å². The van der Waals surface area contributed by atoms with Crippen LogP contribution < -0.4 is 4.90 Å². The number of carbonyl (C=O) groups excluding carboxylic acids is 1. The monoisotopic (exact) mass is 324 g/mol. The van der Waals surface area contributed by atoms with Crippen LogP contribution in [0, 0.1) is 0 Å². The molecule has 2 aromatic heterocycles. The molecular formula is C13H16N4O4S. The Hall–Kier alpha value is -1.84. The Balaban J connectivity index is 1.80. The van der Waals surface area contributed by atoms with Crippen molar-refractivity contribution in [2.45, 2.75) is 18.9 Å². The molecule has 0 N–H and O–H groups in total. The summed E-state index contributed by atoms with van der Waals surface area (Å²) in [5.41, 5.74) is 0. The van der Waals surface area contributed by atoms with Crippen molar-refractivity contribution in [1.82, 2.24) is 15.4 Å². The van der Waals surface area contributed by atoms with Gasteiger partial charge in [-0.25, -0.2) is 0 Å². The molecule has 0 aliphatic carbocycles. The fourth-order valence-electron chi connectivity index (χ4n) is 2.16. The van der Waals surface area contributed by atoms with E-state index in [0.29, 0.717) is 18.3 Å². The Kier molecular flexibility index (Phi) is 4.76. The fraction of sp³-hybridized carbons (Fsp3) is 0.538. The van der Waals surface area contributed by atoms with Crippen molar-refractivity contribution < 1.29 is 18.8 Å². The molecule has 0 spiro atoms. The minimum Gasteiger partial charge on any atom is -0.383 e. The molecule has 22 heavy (non-hydrogen) atoms. The highest BCUT2D eigenvalue weighted by Crippen LogP contribution is 2.33. The number of rotatable bonds is 6. The van der Waals surface area contributed by atoms with Crippen molar-refractivity contribution in [2.75, 3.05) is 31.8 Å². The number of carbonyl (C=O) groups is 1. The highest BCUT2D eigenvalue weighted by Gasteiger charge is 2.27. The zero-order valence-electron chi connectivity index (χ0n) is 12.1. The number of aromatic nitrogens is 3. The molecule has 1 unspecified atom stereocenters. The van der Waals surface area contributed by atoms with E-state index in [0.717, 1.165) is 24.5 Å². The van der Waals surface area contributed by atoms with Crippen molar-refractivity contribution in [3.8, 4) is 0 Å². The minimum absolute atomic E-state index is 0.0177. The number of nitrogens with zero attached hydrogens (tertiary/aromatic N) is 4. The number of methoxy groups -OCH3 is 1. The van der Waals surface area contributed by atoms with E-state index in [9.17, 15) is 4.79 Å². The standard InChI is InChI=1S/C13H16N4O4S/c1-19-8-6-17(12(18)10-4-5-14-21-10)13-16-15-11(22-13)9-3-2-7-20-9/h4-5,9H,2-3,6-8H2,1H3. The first-order valence-corrected chi connectivity index (χ1v) is 7.77. The third-order valence-corrected chi connectivity index (χ3v) is 4.32. The maximum Gasteiger partial charge on any atom is 0.298 e. The molecule has 3 heterocycles. The van der Waals surface area contributed by atoms with Gasteiger partial charge < -0.3 is 14.0 Å². The van der Waals surface area contributed by atoms with Crippen LogP contribution in [0.2, 0.25) is 0 Å². The molecule has 1 fully saturated rings. The predicted molar refractivity (Wildman–Crippen MR) is 77.9 cm³/mol. The third kappa shape index (κ3) is 3.16. The largest absolute Gasteiger partial charge is 0.383 e. The molecule has 0 radical (unpaired) electrons. The number of hydrogen-bond donors (Lipinski definition) is 0. The number of anilines is 1. The smallest absolute Gasteiger partial charge is 0.298 e. The van der Waals surface area contributed by atoms with Crippen LogP contribution in [0.15, 0.2) is 16.8 Å². The van der Waals surface area contributed by atoms with Gasteiger partial charge in [-0.15, -0.1) is 10.2 Å². The summed E-state index contributed by atoms with van der Waals surface area (Å²) < 4.78 is 15.6. The van der Waals surface area contributed by atoms with E-state index in [1.807, 2.05) is 0 Å². The van der Waals surface area contributed by atoms with Gasteiger partial charge in [-0.2, -0.15) is 0 Å². The van der Waals surface area contributed by atoms with Crippen molar-refractivity contribution in [2.24, 2.45) is 0 Å². The Bertz CT molecular complexity index is 609. The van der Waals surface area contributed by atoms with Crippen LogP contribution in [0.5, 0.6) is 0 Å². The van der Waals surface area contributed by atoms with E-state index >= 15 is 0 Å². The van der Waals surface area contributed by atoms with Crippen LogP contribution in [-0.2, 0) is 9.47 Å². The van der Waals surface area contributed by atoms with E-state index in [2.05, 4.69) is 15.4 Å². The Morgan fingerprint density at radius 3 is 3.14 bits per heavy atom. The summed E-state index contributed by atoms with van der Waals surface area (Å²) in [5.74, 6) is -0.158. The van der Waals surface area contributed by atoms with Crippen LogP contribution in [0.4, 0.5) is 5.13 Å². The van der Waals surface area contributed by atoms with E-state index < -0.39 is 0 Å². The first-order chi connectivity index (χ1) is 10.8. The van der Waals surface area contributed by atoms with Crippen LogP contribution in [0.1, 0.15) is 34.5 Å². The van der Waals surface area contributed by atoms with Crippen LogP contribution in [0.3, 0.4) is 0 Å². The van der Waals surface area contributed by atoms with E-state index in [4.69, 9.17) is 14.0 Å². The average Bonchev–Trinajstić information content (AvgIpc) is 3.27. The molecular weight excluding hydrogens is 308 g/mol. The molecule has 2 aromatic rings. The Labute approximate surface area is 131 Å². The van der Waals surface area contributed by atoms with Gasteiger partial charge in [0.2, 0.25) is 10.9 Å². The summed E-state index contributed by atoms with van der Waals surface area (Å²) >= 11 is 1.35. The van der Waals surface area contributed by atoms with E-state index in [1.165, 1.54) is 28.5 Å². The van der Waals surface area contributed by atoms with Gasteiger partial charge in [0.1, 0.15) is 11.1 Å². The van der Waals surface area contributed by atoms with Gasteiger partial charge in [0.05, 0.1) is 19.3 Å². The van der Waals surface area contributed by atoms with E-state index in [-0.39, 0.29) is 17.8 Å². The minimum atomic E-state index is -0.315. The molecule has 3 rings (SSSR count). The topological polar surface area (TPSA) is 90.6 Å². The zero-order chi connectivity index (χ0) is 15.4. The van der Waals surface area contributed by atoms with Crippen molar-refractivity contribution >= 4 is 22.4 Å². The second-order valence-electron chi connectivity index (χ2n) is 4.75. The molecule has 8 nitrogen and oxygen atoms in total. The van der Waals surface area contributed by atoms with Gasteiger partial charge in [-0.3, -0.25) is 9.69 Å². The van der Waals surface area contributed by atoms with Gasteiger partial charge in [0.25, 0.3) is 5.91 Å². The van der Waals surface area contributed by atoms with Gasteiger partial charge in [0, 0.05) is 19.8 Å². The number of hydrogen-bond acceptors (Lipinski definition) is 8. The van der Waals surface area contributed by atoms with Gasteiger partial charge in [0.15, 0.2) is 0 Å². The second-order valence-corrected chi connectivity index (χ2v) is 5.74. The summed E-state index contributed by atoms with van der Waals surface area (Å²) in [6, 6.07) is 1.52. The normalized spacial score (nSPS) is 17.8. The van der Waals surface area contributed by atoms with Crippen LogP contribution >= 0.6 is 11.3 Å². The second kappa shape index (κ2) is 6.95. The molecule has 1 aliphatic rings. The quantitative estimate of drug-likeness (QED) is 0.798. The molecule has 0 bridgehead atoms. The lowest BCUT2D eigenvalue weighted by molar-refractivity contribution is 0.0940. The van der Waals surface area contributed by atoms with E-state index in [1.54, 1.807) is 7.11 Å². The number of amides is 1. The maximum absolute atomic E-state index is 12.5. The Morgan fingerprint density at radius 2 is 2.45 bits per heavy atom. The summed E-state index contributed by atoms with van der Waals surface area (Å²) in [7, 11) is 1.58. The summed E-state index contributed by atoms with van der Waals surface area (Å²) in [4.78, 5) is 14.0. The first kappa shape index (κ1) is 15.1. The molecule has 118 valence electrons. The van der Waals surface area contributed by atoms with Gasteiger partial charge >= 0.3 is 0 Å². The van der Waals surface area contributed by atoms with Gasteiger partial charge in [-0.1, -0.05) is 16.5 Å². The summed E-state index contributed by atoms with van der Waals surface area (Å²) in [5, 5.41) is 13.1. The van der Waals surface area contributed by atoms with Crippen LogP contribution in [-0.4, -0.2) is 48.1 Å². The maximum atomic E-state index is 12.5. The average molecular weight is 324 g/mol. The fourth-order valence-corrected chi connectivity index (χ4v) is 3.12. The zero-order valence-corrected chi connectivity index (χ0v) is 12.9. The van der Waals surface area contributed by atoms with Crippen molar-refractivity contribution in [3.05, 3.63) is 23.0 Å². The SMILES string of the molecule is COCCN(C(=O)c1ccno1)c1nnc(C2CCCO2)s1. The molecule has 0 saturated carbocycles. The lowest BCUT2D eigenvalue weighted by Crippen LogP contribution is -2.33. The molecule has 1 saturated heterocycles. The van der Waals surface area contributed by atoms with Crippen LogP contribution in [0.25, 0.3) is 0 Å². The first-order valence-electron chi connectivity index (χ1n) is 6.96. The molecule has 1 amide bonds. The third-order valence-electron chi connectivity index (χ3n) is 3.28. The molecule has 9 heteroatoms. The predicted octanol–water partition coefficient (Wildman–Crippen LogP) is 1.67.